The summed E-state index contributed by atoms with van der Waals surface area (Å²) in [5.74, 6) is 0. The van der Waals surface area contributed by atoms with Crippen LogP contribution in [0.4, 0.5) is 13.2 Å². The zero-order chi connectivity index (χ0) is 14.6. The van der Waals surface area contributed by atoms with Gasteiger partial charge in [0.2, 0.25) is 0 Å². The number of nitrogens with zero attached hydrogens (tertiary/aromatic N) is 2. The first kappa shape index (κ1) is 21.9. The number of pyridine rings is 1. The first-order valence-corrected chi connectivity index (χ1v) is 7.39. The fourth-order valence-corrected chi connectivity index (χ4v) is 2.78. The molecule has 0 aliphatic carbocycles. The Morgan fingerprint density at radius 2 is 1.86 bits per heavy atom. The normalized spacial score (nSPS) is 17.3. The van der Waals surface area contributed by atoms with Crippen molar-refractivity contribution in [2.45, 2.75) is 25.1 Å². The third-order valence-electron chi connectivity index (χ3n) is 3.37. The van der Waals surface area contributed by atoms with Crippen molar-refractivity contribution in [2.24, 2.45) is 0 Å². The Hall–Kier alpha value is -0.0800. The Balaban J connectivity index is 0.00000220. The standard InChI is InChI=1S/C13H17BrF3N3.2ClH/c14-12-3-1-2-10(19-12)11(4-5-13(15,16)17)20-8-6-18-7-9-20;;/h1-3,11,18H,4-9H2;2*1H/t11-;;/m1../s1. The molecule has 1 N–H and O–H groups in total. The van der Waals surface area contributed by atoms with Crippen molar-refractivity contribution in [1.82, 2.24) is 15.2 Å². The van der Waals surface area contributed by atoms with Crippen LogP contribution >= 0.6 is 40.7 Å². The van der Waals surface area contributed by atoms with Gasteiger partial charge < -0.3 is 5.32 Å². The van der Waals surface area contributed by atoms with Crippen molar-refractivity contribution in [2.75, 3.05) is 26.2 Å². The van der Waals surface area contributed by atoms with E-state index in [2.05, 4.69) is 31.1 Å². The highest BCUT2D eigenvalue weighted by Gasteiger charge is 2.31. The van der Waals surface area contributed by atoms with Crippen molar-refractivity contribution in [3.63, 3.8) is 0 Å². The van der Waals surface area contributed by atoms with Gasteiger partial charge in [-0.25, -0.2) is 4.98 Å². The fraction of sp³-hybridized carbons (Fsp3) is 0.615. The molecule has 0 bridgehead atoms. The number of rotatable bonds is 4. The fourth-order valence-electron chi connectivity index (χ4n) is 2.42. The van der Waals surface area contributed by atoms with Gasteiger partial charge in [0, 0.05) is 32.6 Å². The third kappa shape index (κ3) is 7.00. The molecule has 128 valence electrons. The molecule has 0 saturated carbocycles. The van der Waals surface area contributed by atoms with Crippen molar-refractivity contribution in [1.29, 1.82) is 0 Å². The van der Waals surface area contributed by atoms with Gasteiger partial charge in [-0.05, 0) is 34.5 Å². The molecule has 0 amide bonds. The first-order chi connectivity index (χ1) is 9.46. The molecule has 0 radical (unpaired) electrons. The topological polar surface area (TPSA) is 28.2 Å². The summed E-state index contributed by atoms with van der Waals surface area (Å²) >= 11 is 3.28. The maximum atomic E-state index is 12.5. The van der Waals surface area contributed by atoms with E-state index in [9.17, 15) is 13.2 Å². The molecule has 1 fully saturated rings. The van der Waals surface area contributed by atoms with Gasteiger partial charge in [0.05, 0.1) is 11.7 Å². The molecule has 1 aliphatic heterocycles. The summed E-state index contributed by atoms with van der Waals surface area (Å²) in [5.41, 5.74) is 0.700. The number of hydrogen-bond donors (Lipinski definition) is 1. The Morgan fingerprint density at radius 3 is 2.41 bits per heavy atom. The van der Waals surface area contributed by atoms with Crippen molar-refractivity contribution >= 4 is 40.7 Å². The predicted octanol–water partition coefficient (Wildman–Crippen LogP) is 3.98. The minimum absolute atomic E-state index is 0. The lowest BCUT2D eigenvalue weighted by Crippen LogP contribution is -2.45. The molecule has 1 aliphatic rings. The largest absolute Gasteiger partial charge is 0.389 e. The predicted molar refractivity (Wildman–Crippen MR) is 88.9 cm³/mol. The zero-order valence-electron chi connectivity index (χ0n) is 11.8. The van der Waals surface area contributed by atoms with Gasteiger partial charge in [-0.1, -0.05) is 6.07 Å². The Kier molecular flexibility index (Phi) is 9.89. The van der Waals surface area contributed by atoms with E-state index in [0.29, 0.717) is 10.3 Å². The molecule has 2 heterocycles. The highest BCUT2D eigenvalue weighted by Crippen LogP contribution is 2.31. The average Bonchev–Trinajstić information content (AvgIpc) is 2.39. The van der Waals surface area contributed by atoms with E-state index in [0.717, 1.165) is 26.2 Å². The van der Waals surface area contributed by atoms with E-state index in [1.807, 2.05) is 6.07 Å². The Labute approximate surface area is 149 Å². The number of halogens is 6. The summed E-state index contributed by atoms with van der Waals surface area (Å²) in [6.45, 7) is 3.10. The Morgan fingerprint density at radius 1 is 1.23 bits per heavy atom. The third-order valence-corrected chi connectivity index (χ3v) is 3.81. The maximum Gasteiger partial charge on any atom is 0.389 e. The van der Waals surface area contributed by atoms with Crippen LogP contribution in [0.5, 0.6) is 0 Å². The summed E-state index contributed by atoms with van der Waals surface area (Å²) in [7, 11) is 0. The van der Waals surface area contributed by atoms with E-state index in [1.165, 1.54) is 0 Å². The lowest BCUT2D eigenvalue weighted by Gasteiger charge is -2.34. The molecule has 9 heteroatoms. The summed E-state index contributed by atoms with van der Waals surface area (Å²) in [5, 5.41) is 3.21. The second kappa shape index (κ2) is 9.93. The van der Waals surface area contributed by atoms with Gasteiger partial charge in [-0.2, -0.15) is 13.2 Å². The number of aromatic nitrogens is 1. The molecular formula is C13H19BrCl2F3N3. The van der Waals surface area contributed by atoms with Crippen molar-refractivity contribution in [3.8, 4) is 0 Å². The van der Waals surface area contributed by atoms with Crippen LogP contribution in [0, 0.1) is 0 Å². The van der Waals surface area contributed by atoms with Crippen LogP contribution in [0.1, 0.15) is 24.6 Å². The van der Waals surface area contributed by atoms with E-state index in [4.69, 9.17) is 0 Å². The molecule has 2 rings (SSSR count). The van der Waals surface area contributed by atoms with Crippen LogP contribution < -0.4 is 5.32 Å². The minimum Gasteiger partial charge on any atom is -0.314 e. The number of nitrogens with one attached hydrogen (secondary N) is 1. The van der Waals surface area contributed by atoms with Crippen LogP contribution in [0.25, 0.3) is 0 Å². The van der Waals surface area contributed by atoms with Crippen LogP contribution in [-0.2, 0) is 0 Å². The number of piperazine rings is 1. The second-order valence-electron chi connectivity index (χ2n) is 4.84. The van der Waals surface area contributed by atoms with Crippen LogP contribution in [0.3, 0.4) is 0 Å². The van der Waals surface area contributed by atoms with E-state index in [1.54, 1.807) is 12.1 Å². The van der Waals surface area contributed by atoms with Gasteiger partial charge in [-0.15, -0.1) is 24.8 Å². The minimum atomic E-state index is -4.13. The Bertz CT molecular complexity index is 443. The van der Waals surface area contributed by atoms with Crippen LogP contribution in [0.2, 0.25) is 0 Å². The summed E-state index contributed by atoms with van der Waals surface area (Å²) < 4.78 is 38.2. The quantitative estimate of drug-likeness (QED) is 0.741. The highest BCUT2D eigenvalue weighted by molar-refractivity contribution is 9.10. The van der Waals surface area contributed by atoms with Gasteiger partial charge in [-0.3, -0.25) is 4.90 Å². The lowest BCUT2D eigenvalue weighted by molar-refractivity contribution is -0.138. The van der Waals surface area contributed by atoms with Gasteiger partial charge >= 0.3 is 6.18 Å². The molecule has 0 unspecified atom stereocenters. The molecule has 22 heavy (non-hydrogen) atoms. The molecule has 1 saturated heterocycles. The second-order valence-corrected chi connectivity index (χ2v) is 5.65. The van der Waals surface area contributed by atoms with Gasteiger partial charge in [0.1, 0.15) is 4.60 Å². The molecule has 1 aromatic rings. The smallest absolute Gasteiger partial charge is 0.314 e. The maximum absolute atomic E-state index is 12.5. The first-order valence-electron chi connectivity index (χ1n) is 6.60. The highest BCUT2D eigenvalue weighted by atomic mass is 79.9. The molecule has 1 atom stereocenters. The molecule has 1 aromatic heterocycles. The van der Waals surface area contributed by atoms with Crippen LogP contribution in [-0.4, -0.2) is 42.2 Å². The van der Waals surface area contributed by atoms with Crippen molar-refractivity contribution < 1.29 is 13.2 Å². The van der Waals surface area contributed by atoms with E-state index >= 15 is 0 Å². The number of hydrogen-bond acceptors (Lipinski definition) is 3. The summed E-state index contributed by atoms with van der Waals surface area (Å²) in [6, 6.07) is 5.11. The van der Waals surface area contributed by atoms with Gasteiger partial charge in [0.25, 0.3) is 0 Å². The number of alkyl halides is 3. The molecule has 3 nitrogen and oxygen atoms in total. The molecular weight excluding hydrogens is 406 g/mol. The van der Waals surface area contributed by atoms with E-state index < -0.39 is 12.6 Å². The SMILES string of the molecule is Cl.Cl.FC(F)(F)CC[C@H](c1cccc(Br)n1)N1CCNCC1. The average molecular weight is 425 g/mol. The molecule has 0 aromatic carbocycles. The van der Waals surface area contributed by atoms with E-state index in [-0.39, 0.29) is 37.3 Å². The van der Waals surface area contributed by atoms with Crippen LogP contribution in [0.15, 0.2) is 22.8 Å². The molecule has 0 spiro atoms. The van der Waals surface area contributed by atoms with Crippen molar-refractivity contribution in [3.05, 3.63) is 28.5 Å². The van der Waals surface area contributed by atoms with Gasteiger partial charge in [0.15, 0.2) is 0 Å². The summed E-state index contributed by atoms with van der Waals surface area (Å²) in [6.07, 6.45) is -4.86. The lowest BCUT2D eigenvalue weighted by atomic mass is 10.0. The zero-order valence-corrected chi connectivity index (χ0v) is 15.0. The summed E-state index contributed by atoms with van der Waals surface area (Å²) in [4.78, 5) is 6.42. The monoisotopic (exact) mass is 423 g/mol.